The molecule has 0 atom stereocenters. The minimum atomic E-state index is -3.41. The van der Waals surface area contributed by atoms with Gasteiger partial charge in [0, 0.05) is 24.9 Å². The van der Waals surface area contributed by atoms with Gasteiger partial charge in [-0.15, -0.1) is 11.3 Å². The Balaban J connectivity index is 1.50. The number of hydrogen-bond donors (Lipinski definition) is 0. The summed E-state index contributed by atoms with van der Waals surface area (Å²) >= 11 is 1.52. The lowest BCUT2D eigenvalue weighted by Gasteiger charge is -2.25. The van der Waals surface area contributed by atoms with E-state index in [1.807, 2.05) is 12.3 Å². The minimum absolute atomic E-state index is 0.191. The Morgan fingerprint density at radius 2 is 1.89 bits per heavy atom. The summed E-state index contributed by atoms with van der Waals surface area (Å²) in [5, 5.41) is 2.82. The quantitative estimate of drug-likeness (QED) is 0.657. The van der Waals surface area contributed by atoms with Gasteiger partial charge in [0.25, 0.3) is 0 Å². The highest BCUT2D eigenvalue weighted by molar-refractivity contribution is 7.89. The first-order chi connectivity index (χ1) is 12.9. The molecule has 0 saturated carbocycles. The van der Waals surface area contributed by atoms with Crippen molar-refractivity contribution in [3.8, 4) is 0 Å². The standard InChI is InChI=1S/C19H24N2O4S2/c1-15-20-17(14-26-15)13-25-19(22)10-7-16-5-8-18(9-6-16)27(23,24)21-11-3-2-4-12-21/h5-6,8-9,14H,2-4,7,10-13H2,1H3. The molecule has 0 spiro atoms. The number of carbonyl (C=O) groups excluding carboxylic acids is 1. The van der Waals surface area contributed by atoms with Gasteiger partial charge in [-0.25, -0.2) is 13.4 Å². The van der Waals surface area contributed by atoms with Gasteiger partial charge in [0.15, 0.2) is 0 Å². The Hall–Kier alpha value is -1.77. The highest BCUT2D eigenvalue weighted by Crippen LogP contribution is 2.21. The van der Waals surface area contributed by atoms with Crippen molar-refractivity contribution in [3.05, 3.63) is 45.9 Å². The number of piperidine rings is 1. The third kappa shape index (κ3) is 5.37. The van der Waals surface area contributed by atoms with Crippen LogP contribution in [0.5, 0.6) is 0 Å². The Labute approximate surface area is 164 Å². The van der Waals surface area contributed by atoms with Crippen LogP contribution in [0.15, 0.2) is 34.5 Å². The third-order valence-corrected chi connectivity index (χ3v) is 7.28. The van der Waals surface area contributed by atoms with E-state index in [1.54, 1.807) is 28.6 Å². The van der Waals surface area contributed by atoms with Gasteiger partial charge < -0.3 is 4.74 Å². The summed E-state index contributed by atoms with van der Waals surface area (Å²) in [6, 6.07) is 6.80. The number of carbonyl (C=O) groups is 1. The lowest BCUT2D eigenvalue weighted by molar-refractivity contribution is -0.145. The van der Waals surface area contributed by atoms with Crippen LogP contribution in [0.2, 0.25) is 0 Å². The molecular formula is C19H24N2O4S2. The maximum absolute atomic E-state index is 12.6. The molecule has 0 aliphatic carbocycles. The zero-order chi connectivity index (χ0) is 19.3. The van der Waals surface area contributed by atoms with Crippen LogP contribution in [-0.4, -0.2) is 36.8 Å². The van der Waals surface area contributed by atoms with Crippen molar-refractivity contribution >= 4 is 27.3 Å². The zero-order valence-electron chi connectivity index (χ0n) is 15.4. The van der Waals surface area contributed by atoms with E-state index in [0.29, 0.717) is 24.4 Å². The summed E-state index contributed by atoms with van der Waals surface area (Å²) in [5.74, 6) is -0.286. The molecule has 3 rings (SSSR count). The summed E-state index contributed by atoms with van der Waals surface area (Å²) in [5.41, 5.74) is 1.67. The molecule has 1 aromatic carbocycles. The fraction of sp³-hybridized carbons (Fsp3) is 0.474. The molecule has 1 aliphatic rings. The smallest absolute Gasteiger partial charge is 0.306 e. The number of aryl methyl sites for hydroxylation is 2. The minimum Gasteiger partial charge on any atom is -0.459 e. The molecule has 8 heteroatoms. The van der Waals surface area contributed by atoms with Crippen LogP contribution in [0.3, 0.4) is 0 Å². The van der Waals surface area contributed by atoms with E-state index in [4.69, 9.17) is 4.74 Å². The molecule has 1 fully saturated rings. The average molecular weight is 409 g/mol. The first-order valence-electron chi connectivity index (χ1n) is 9.11. The van der Waals surface area contributed by atoms with Crippen molar-refractivity contribution in [3.63, 3.8) is 0 Å². The Morgan fingerprint density at radius 1 is 1.19 bits per heavy atom. The van der Waals surface area contributed by atoms with E-state index < -0.39 is 10.0 Å². The molecule has 0 bridgehead atoms. The van der Waals surface area contributed by atoms with Crippen LogP contribution in [0.25, 0.3) is 0 Å². The van der Waals surface area contributed by atoms with Crippen molar-refractivity contribution in [2.75, 3.05) is 13.1 Å². The van der Waals surface area contributed by atoms with Crippen LogP contribution < -0.4 is 0 Å². The molecule has 0 unspecified atom stereocenters. The lowest BCUT2D eigenvalue weighted by atomic mass is 10.1. The number of rotatable bonds is 7. The summed E-state index contributed by atoms with van der Waals surface area (Å²) in [6.07, 6.45) is 3.68. The van der Waals surface area contributed by atoms with Gasteiger partial charge in [-0.2, -0.15) is 4.31 Å². The number of benzene rings is 1. The largest absolute Gasteiger partial charge is 0.459 e. The lowest BCUT2D eigenvalue weighted by Crippen LogP contribution is -2.35. The molecule has 0 radical (unpaired) electrons. The third-order valence-electron chi connectivity index (χ3n) is 4.54. The van der Waals surface area contributed by atoms with Crippen molar-refractivity contribution in [1.29, 1.82) is 0 Å². The van der Waals surface area contributed by atoms with Crippen molar-refractivity contribution in [2.24, 2.45) is 0 Å². The van der Waals surface area contributed by atoms with Crippen LogP contribution in [-0.2, 0) is 32.6 Å². The molecule has 2 heterocycles. The molecule has 6 nitrogen and oxygen atoms in total. The van der Waals surface area contributed by atoms with E-state index in [9.17, 15) is 13.2 Å². The maximum Gasteiger partial charge on any atom is 0.306 e. The van der Waals surface area contributed by atoms with E-state index >= 15 is 0 Å². The molecule has 1 aromatic heterocycles. The van der Waals surface area contributed by atoms with Crippen molar-refractivity contribution < 1.29 is 17.9 Å². The summed E-state index contributed by atoms with van der Waals surface area (Å²) < 4.78 is 32.0. The molecule has 1 aliphatic heterocycles. The van der Waals surface area contributed by atoms with Crippen molar-refractivity contribution in [2.45, 2.75) is 50.5 Å². The van der Waals surface area contributed by atoms with E-state index in [2.05, 4.69) is 4.98 Å². The van der Waals surface area contributed by atoms with E-state index in [-0.39, 0.29) is 19.0 Å². The first-order valence-corrected chi connectivity index (χ1v) is 11.4. The van der Waals surface area contributed by atoms with Gasteiger partial charge in [-0.1, -0.05) is 18.6 Å². The fourth-order valence-electron chi connectivity index (χ4n) is 3.03. The first kappa shape index (κ1) is 20.0. The predicted molar refractivity (Wildman–Crippen MR) is 104 cm³/mol. The second-order valence-electron chi connectivity index (χ2n) is 6.63. The van der Waals surface area contributed by atoms with Gasteiger partial charge in [0.1, 0.15) is 6.61 Å². The van der Waals surface area contributed by atoms with Gasteiger partial charge in [-0.05, 0) is 43.9 Å². The molecule has 27 heavy (non-hydrogen) atoms. The molecular weight excluding hydrogens is 384 g/mol. The van der Waals surface area contributed by atoms with E-state index in [0.717, 1.165) is 35.5 Å². The zero-order valence-corrected chi connectivity index (χ0v) is 17.0. The maximum atomic E-state index is 12.6. The highest BCUT2D eigenvalue weighted by Gasteiger charge is 2.25. The van der Waals surface area contributed by atoms with E-state index in [1.165, 1.54) is 11.3 Å². The predicted octanol–water partition coefficient (Wildman–Crippen LogP) is 3.30. The number of ether oxygens (including phenoxy) is 1. The SMILES string of the molecule is Cc1nc(COC(=O)CCc2ccc(S(=O)(=O)N3CCCCC3)cc2)cs1. The monoisotopic (exact) mass is 408 g/mol. The number of esters is 1. The Kier molecular flexibility index (Phi) is 6.62. The number of thiazole rings is 1. The molecule has 1 saturated heterocycles. The van der Waals surface area contributed by atoms with Gasteiger partial charge in [0.2, 0.25) is 10.0 Å². The fourth-order valence-corrected chi connectivity index (χ4v) is 5.14. The number of aromatic nitrogens is 1. The second kappa shape index (κ2) is 8.95. The van der Waals surface area contributed by atoms with Gasteiger partial charge >= 0.3 is 5.97 Å². The topological polar surface area (TPSA) is 76.6 Å². The molecule has 146 valence electrons. The van der Waals surface area contributed by atoms with Crippen LogP contribution in [0.1, 0.15) is 41.9 Å². The number of sulfonamides is 1. The van der Waals surface area contributed by atoms with Gasteiger partial charge in [-0.3, -0.25) is 4.79 Å². The summed E-state index contributed by atoms with van der Waals surface area (Å²) in [6.45, 7) is 3.28. The second-order valence-corrected chi connectivity index (χ2v) is 9.63. The number of hydrogen-bond acceptors (Lipinski definition) is 6. The average Bonchev–Trinajstić information content (AvgIpc) is 3.11. The van der Waals surface area contributed by atoms with Crippen LogP contribution >= 0.6 is 11.3 Å². The molecule has 0 N–H and O–H groups in total. The van der Waals surface area contributed by atoms with Crippen LogP contribution in [0, 0.1) is 6.92 Å². The van der Waals surface area contributed by atoms with Crippen LogP contribution in [0.4, 0.5) is 0 Å². The number of nitrogens with zero attached hydrogens (tertiary/aromatic N) is 2. The highest BCUT2D eigenvalue weighted by atomic mass is 32.2. The van der Waals surface area contributed by atoms with Crippen molar-refractivity contribution in [1.82, 2.24) is 9.29 Å². The Bertz CT molecular complexity index is 869. The Morgan fingerprint density at radius 3 is 2.52 bits per heavy atom. The van der Waals surface area contributed by atoms with Gasteiger partial charge in [0.05, 0.1) is 15.6 Å². The normalized spacial score (nSPS) is 15.6. The molecule has 0 amide bonds. The summed E-state index contributed by atoms with van der Waals surface area (Å²) in [4.78, 5) is 16.4. The molecule has 2 aromatic rings. The summed E-state index contributed by atoms with van der Waals surface area (Å²) in [7, 11) is -3.41.